The normalized spacial score (nSPS) is 20.6. The molecule has 1 aliphatic rings. The lowest BCUT2D eigenvalue weighted by Crippen LogP contribution is -2.27. The fraction of sp³-hybridized carbons (Fsp3) is 0.769. The van der Waals surface area contributed by atoms with Crippen LogP contribution in [0, 0.1) is 0 Å². The molecule has 0 radical (unpaired) electrons. The molecular weight excluding hydrogens is 218 g/mol. The first-order valence-electron chi connectivity index (χ1n) is 6.31. The number of aromatic nitrogens is 1. The fourth-order valence-corrected chi connectivity index (χ4v) is 3.56. The van der Waals surface area contributed by atoms with Gasteiger partial charge in [0.15, 0.2) is 0 Å². The van der Waals surface area contributed by atoms with Crippen LogP contribution in [-0.2, 0) is 16.8 Å². The van der Waals surface area contributed by atoms with Crippen LogP contribution in [0.3, 0.4) is 0 Å². The molecule has 1 fully saturated rings. The van der Waals surface area contributed by atoms with Gasteiger partial charge in [-0.1, -0.05) is 32.6 Å². The first-order chi connectivity index (χ1) is 7.80. The molecule has 0 N–H and O–H groups in total. The number of thiazole rings is 1. The third kappa shape index (κ3) is 2.30. The molecule has 2 nitrogen and oxygen atoms in total. The Morgan fingerprint density at radius 2 is 2.00 bits per heavy atom. The van der Waals surface area contributed by atoms with Gasteiger partial charge >= 0.3 is 0 Å². The summed E-state index contributed by atoms with van der Waals surface area (Å²) in [4.78, 5) is 5.96. The summed E-state index contributed by atoms with van der Waals surface area (Å²) < 4.78 is 5.85. The van der Waals surface area contributed by atoms with E-state index < -0.39 is 0 Å². The third-order valence-corrected chi connectivity index (χ3v) is 4.92. The second kappa shape index (κ2) is 5.28. The van der Waals surface area contributed by atoms with Crippen molar-refractivity contribution in [2.24, 2.45) is 0 Å². The maximum absolute atomic E-state index is 5.85. The predicted octanol–water partition coefficient (Wildman–Crippen LogP) is 3.90. The highest BCUT2D eigenvalue weighted by Crippen LogP contribution is 2.40. The molecule has 2 rings (SSSR count). The maximum Gasteiger partial charge on any atom is 0.125 e. The summed E-state index contributed by atoms with van der Waals surface area (Å²) in [6.07, 6.45) is 10.6. The lowest BCUT2D eigenvalue weighted by atomic mass is 9.95. The number of methoxy groups -OCH3 is 1. The van der Waals surface area contributed by atoms with Crippen molar-refractivity contribution >= 4 is 11.3 Å². The Morgan fingerprint density at radius 3 is 2.50 bits per heavy atom. The molecule has 3 heteroatoms. The van der Waals surface area contributed by atoms with Crippen LogP contribution >= 0.6 is 11.3 Å². The molecule has 1 aromatic rings. The molecule has 0 unspecified atom stereocenters. The van der Waals surface area contributed by atoms with Crippen LogP contribution in [0.2, 0.25) is 0 Å². The summed E-state index contributed by atoms with van der Waals surface area (Å²) in [5.41, 5.74) is -0.0748. The molecule has 0 aliphatic heterocycles. The van der Waals surface area contributed by atoms with Crippen LogP contribution in [0.5, 0.6) is 0 Å². The molecule has 0 aromatic carbocycles. The Bertz CT molecular complexity index is 326. The molecule has 0 spiro atoms. The molecule has 1 saturated carbocycles. The number of ether oxygens (including phenoxy) is 1. The molecule has 1 heterocycles. The molecular formula is C13H21NOS. The summed E-state index contributed by atoms with van der Waals surface area (Å²) in [5.74, 6) is 0. The van der Waals surface area contributed by atoms with E-state index in [9.17, 15) is 0 Å². The van der Waals surface area contributed by atoms with E-state index in [1.807, 2.05) is 24.6 Å². The Balaban J connectivity index is 2.24. The molecule has 0 amide bonds. The van der Waals surface area contributed by atoms with Crippen molar-refractivity contribution in [1.82, 2.24) is 4.98 Å². The topological polar surface area (TPSA) is 22.1 Å². The largest absolute Gasteiger partial charge is 0.371 e. The molecule has 90 valence electrons. The second-order valence-corrected chi connectivity index (χ2v) is 5.71. The quantitative estimate of drug-likeness (QED) is 0.746. The van der Waals surface area contributed by atoms with Gasteiger partial charge < -0.3 is 4.74 Å². The van der Waals surface area contributed by atoms with Crippen LogP contribution < -0.4 is 0 Å². The zero-order chi connectivity index (χ0) is 11.4. The van der Waals surface area contributed by atoms with Gasteiger partial charge in [0.05, 0.1) is 0 Å². The zero-order valence-electron chi connectivity index (χ0n) is 10.3. The Hall–Kier alpha value is -0.410. The molecule has 0 saturated heterocycles. The average molecular weight is 239 g/mol. The van der Waals surface area contributed by atoms with Gasteiger partial charge in [0.1, 0.15) is 10.6 Å². The lowest BCUT2D eigenvalue weighted by Gasteiger charge is -2.29. The molecule has 0 atom stereocenters. The van der Waals surface area contributed by atoms with E-state index in [4.69, 9.17) is 4.74 Å². The van der Waals surface area contributed by atoms with E-state index in [1.165, 1.54) is 35.6 Å². The van der Waals surface area contributed by atoms with Crippen molar-refractivity contribution in [3.63, 3.8) is 0 Å². The first kappa shape index (κ1) is 12.1. The smallest absolute Gasteiger partial charge is 0.125 e. The van der Waals surface area contributed by atoms with Crippen LogP contribution in [0.4, 0.5) is 0 Å². The van der Waals surface area contributed by atoms with Crippen LogP contribution in [0.15, 0.2) is 6.20 Å². The summed E-state index contributed by atoms with van der Waals surface area (Å²) in [5, 5.41) is 1.20. The molecule has 1 aliphatic carbocycles. The Morgan fingerprint density at radius 1 is 1.31 bits per heavy atom. The van der Waals surface area contributed by atoms with E-state index in [2.05, 4.69) is 11.9 Å². The Kier molecular flexibility index (Phi) is 3.98. The van der Waals surface area contributed by atoms with E-state index in [0.29, 0.717) is 0 Å². The SMILES string of the molecule is CCc1cnc(C2(OC)CCCCCC2)s1. The van der Waals surface area contributed by atoms with Gasteiger partial charge in [-0.15, -0.1) is 11.3 Å². The van der Waals surface area contributed by atoms with Gasteiger partial charge in [-0.2, -0.15) is 0 Å². The Labute approximate surface area is 102 Å². The minimum atomic E-state index is -0.0748. The van der Waals surface area contributed by atoms with Crippen molar-refractivity contribution < 1.29 is 4.74 Å². The summed E-state index contributed by atoms with van der Waals surface area (Å²) in [7, 11) is 1.85. The first-order valence-corrected chi connectivity index (χ1v) is 7.13. The maximum atomic E-state index is 5.85. The van der Waals surface area contributed by atoms with Gasteiger partial charge in [0, 0.05) is 18.2 Å². The van der Waals surface area contributed by atoms with Crippen molar-refractivity contribution in [2.75, 3.05) is 7.11 Å². The van der Waals surface area contributed by atoms with E-state index in [0.717, 1.165) is 19.3 Å². The van der Waals surface area contributed by atoms with E-state index >= 15 is 0 Å². The highest BCUT2D eigenvalue weighted by molar-refractivity contribution is 7.11. The van der Waals surface area contributed by atoms with Gasteiger partial charge in [-0.05, 0) is 19.3 Å². The van der Waals surface area contributed by atoms with Gasteiger partial charge in [0.25, 0.3) is 0 Å². The van der Waals surface area contributed by atoms with E-state index in [-0.39, 0.29) is 5.60 Å². The molecule has 16 heavy (non-hydrogen) atoms. The standard InChI is InChI=1S/C13H21NOS/c1-3-11-10-14-12(16-11)13(15-2)8-6-4-5-7-9-13/h10H,3-9H2,1-2H3. The second-order valence-electron chi connectivity index (χ2n) is 4.60. The number of hydrogen-bond donors (Lipinski definition) is 0. The van der Waals surface area contributed by atoms with Crippen molar-refractivity contribution in [2.45, 2.75) is 57.5 Å². The summed E-state index contributed by atoms with van der Waals surface area (Å²) in [6.45, 7) is 2.18. The van der Waals surface area contributed by atoms with Crippen molar-refractivity contribution in [3.05, 3.63) is 16.1 Å². The number of rotatable bonds is 3. The van der Waals surface area contributed by atoms with Crippen LogP contribution in [0.1, 0.15) is 55.3 Å². The monoisotopic (exact) mass is 239 g/mol. The van der Waals surface area contributed by atoms with Crippen LogP contribution in [-0.4, -0.2) is 12.1 Å². The number of nitrogens with zero attached hydrogens (tertiary/aromatic N) is 1. The van der Waals surface area contributed by atoms with Crippen molar-refractivity contribution in [1.29, 1.82) is 0 Å². The van der Waals surface area contributed by atoms with Gasteiger partial charge in [0.2, 0.25) is 0 Å². The highest BCUT2D eigenvalue weighted by Gasteiger charge is 2.35. The third-order valence-electron chi connectivity index (χ3n) is 3.59. The predicted molar refractivity (Wildman–Crippen MR) is 67.9 cm³/mol. The number of aryl methyl sites for hydroxylation is 1. The van der Waals surface area contributed by atoms with Gasteiger partial charge in [-0.3, -0.25) is 0 Å². The van der Waals surface area contributed by atoms with Crippen LogP contribution in [0.25, 0.3) is 0 Å². The molecule has 1 aromatic heterocycles. The lowest BCUT2D eigenvalue weighted by molar-refractivity contribution is -0.0279. The zero-order valence-corrected chi connectivity index (χ0v) is 11.1. The number of hydrogen-bond acceptors (Lipinski definition) is 3. The fourth-order valence-electron chi connectivity index (χ4n) is 2.49. The van der Waals surface area contributed by atoms with Gasteiger partial charge in [-0.25, -0.2) is 4.98 Å². The summed E-state index contributed by atoms with van der Waals surface area (Å²) >= 11 is 1.84. The van der Waals surface area contributed by atoms with E-state index in [1.54, 1.807) is 0 Å². The molecule has 0 bridgehead atoms. The summed E-state index contributed by atoms with van der Waals surface area (Å²) in [6, 6.07) is 0. The highest BCUT2D eigenvalue weighted by atomic mass is 32.1. The average Bonchev–Trinajstić information content (AvgIpc) is 2.68. The minimum Gasteiger partial charge on any atom is -0.371 e. The van der Waals surface area contributed by atoms with Crippen molar-refractivity contribution in [3.8, 4) is 0 Å². The minimum absolute atomic E-state index is 0.0748.